The summed E-state index contributed by atoms with van der Waals surface area (Å²) in [4.78, 5) is 9.27. The van der Waals surface area contributed by atoms with Gasteiger partial charge in [0.1, 0.15) is 6.10 Å². The molecule has 3 aromatic rings. The Balaban J connectivity index is 1.59. The second-order valence-electron chi connectivity index (χ2n) is 11.6. The number of ether oxygens (including phenoxy) is 1. The Morgan fingerprint density at radius 1 is 1.03 bits per heavy atom. The van der Waals surface area contributed by atoms with Crippen molar-refractivity contribution in [2.24, 2.45) is 5.41 Å². The predicted molar refractivity (Wildman–Crippen MR) is 156 cm³/mol. The fraction of sp³-hybridized carbons (Fsp3) is 0.355. The summed E-state index contributed by atoms with van der Waals surface area (Å²) < 4.78 is 35.6. The number of hydrogen-bond acceptors (Lipinski definition) is 6. The first-order valence-corrected chi connectivity index (χ1v) is 14.8. The first-order valence-electron chi connectivity index (χ1n) is 13.4. The standard InChI is InChI=1S/C31H36N4O3S/c1-20-8-6-9-21(2)29(20)26-17-28-34-30(33-26)35-39(36,37)25-11-7-10-24(16-25)32-19-27(38-28)23-14-12-22(13-15-23)18-31(3,4)5/h7-8,10-17,27,32H,6,9,18-19H2,1-5H3,(H,33,34,35). The molecule has 0 radical (unpaired) electrons. The molecule has 4 bridgehead atoms. The third-order valence-corrected chi connectivity index (χ3v) is 8.29. The minimum Gasteiger partial charge on any atom is -0.467 e. The first kappa shape index (κ1) is 26.9. The van der Waals surface area contributed by atoms with Gasteiger partial charge in [-0.2, -0.15) is 4.98 Å². The van der Waals surface area contributed by atoms with Crippen molar-refractivity contribution >= 4 is 27.2 Å². The summed E-state index contributed by atoms with van der Waals surface area (Å²) in [5.41, 5.74) is 7.10. The van der Waals surface area contributed by atoms with Crippen molar-refractivity contribution in [3.05, 3.63) is 88.6 Å². The van der Waals surface area contributed by atoms with E-state index in [4.69, 9.17) is 4.74 Å². The Kier molecular flexibility index (Phi) is 7.25. The van der Waals surface area contributed by atoms with Crippen LogP contribution in [-0.2, 0) is 16.4 Å². The predicted octanol–water partition coefficient (Wildman–Crippen LogP) is 6.93. The second-order valence-corrected chi connectivity index (χ2v) is 13.3. The lowest BCUT2D eigenvalue weighted by Crippen LogP contribution is -2.22. The Hall–Kier alpha value is -3.65. The van der Waals surface area contributed by atoms with E-state index in [0.717, 1.165) is 36.0 Å². The van der Waals surface area contributed by atoms with Crippen LogP contribution in [0.1, 0.15) is 70.4 Å². The van der Waals surface area contributed by atoms with Crippen LogP contribution in [0.5, 0.6) is 5.88 Å². The van der Waals surface area contributed by atoms with Crippen molar-refractivity contribution in [3.8, 4) is 5.88 Å². The monoisotopic (exact) mass is 544 g/mol. The van der Waals surface area contributed by atoms with E-state index in [1.54, 1.807) is 18.2 Å². The molecule has 2 aliphatic rings. The van der Waals surface area contributed by atoms with Gasteiger partial charge in [0.15, 0.2) is 0 Å². The number of sulfonamides is 1. The molecule has 0 spiro atoms. The van der Waals surface area contributed by atoms with E-state index >= 15 is 0 Å². The molecule has 2 N–H and O–H groups in total. The van der Waals surface area contributed by atoms with Crippen LogP contribution in [0.25, 0.3) is 5.57 Å². The smallest absolute Gasteiger partial charge is 0.264 e. The number of anilines is 2. The van der Waals surface area contributed by atoms with E-state index in [1.165, 1.54) is 11.1 Å². The molecule has 1 aliphatic carbocycles. The van der Waals surface area contributed by atoms with Crippen molar-refractivity contribution in [1.82, 2.24) is 9.97 Å². The summed E-state index contributed by atoms with van der Waals surface area (Å²) in [5, 5.41) is 3.36. The highest BCUT2D eigenvalue weighted by molar-refractivity contribution is 7.92. The number of nitrogens with zero attached hydrogens (tertiary/aromatic N) is 2. The topological polar surface area (TPSA) is 93.2 Å². The zero-order valence-electron chi connectivity index (χ0n) is 23.2. The van der Waals surface area contributed by atoms with Crippen molar-refractivity contribution in [3.63, 3.8) is 0 Å². The average molecular weight is 545 g/mol. The van der Waals surface area contributed by atoms with E-state index in [2.05, 4.69) is 85.0 Å². The van der Waals surface area contributed by atoms with Crippen LogP contribution >= 0.6 is 0 Å². The van der Waals surface area contributed by atoms with Crippen LogP contribution < -0.4 is 14.8 Å². The molecule has 1 unspecified atom stereocenters. The normalized spacial score (nSPS) is 19.0. The molecule has 0 saturated carbocycles. The molecule has 39 heavy (non-hydrogen) atoms. The quantitative estimate of drug-likeness (QED) is 0.372. The van der Waals surface area contributed by atoms with Crippen LogP contribution in [0, 0.1) is 5.41 Å². The van der Waals surface area contributed by atoms with Crippen molar-refractivity contribution in [2.45, 2.75) is 64.9 Å². The van der Waals surface area contributed by atoms with Gasteiger partial charge < -0.3 is 10.1 Å². The fourth-order valence-corrected chi connectivity index (χ4v) is 6.14. The maximum absolute atomic E-state index is 13.2. The van der Waals surface area contributed by atoms with E-state index < -0.39 is 10.0 Å². The van der Waals surface area contributed by atoms with Crippen LogP contribution in [0.3, 0.4) is 0 Å². The maximum atomic E-state index is 13.2. The van der Waals surface area contributed by atoms with Crippen LogP contribution in [0.2, 0.25) is 0 Å². The molecule has 0 saturated heterocycles. The first-order chi connectivity index (χ1) is 18.5. The van der Waals surface area contributed by atoms with Gasteiger partial charge >= 0.3 is 0 Å². The van der Waals surface area contributed by atoms with Crippen molar-refractivity contribution in [2.75, 3.05) is 16.6 Å². The van der Waals surface area contributed by atoms with Crippen molar-refractivity contribution in [1.29, 1.82) is 0 Å². The minimum atomic E-state index is -3.91. The molecule has 1 aliphatic heterocycles. The largest absolute Gasteiger partial charge is 0.467 e. The van der Waals surface area contributed by atoms with Gasteiger partial charge in [0, 0.05) is 17.3 Å². The number of hydrogen-bond donors (Lipinski definition) is 2. The summed E-state index contributed by atoms with van der Waals surface area (Å²) in [6, 6.07) is 17.0. The third-order valence-electron chi connectivity index (χ3n) is 6.96. The summed E-state index contributed by atoms with van der Waals surface area (Å²) in [6.45, 7) is 11.3. The molecular formula is C31H36N4O3S. The highest BCUT2D eigenvalue weighted by atomic mass is 32.2. The lowest BCUT2D eigenvalue weighted by molar-refractivity contribution is 0.210. The van der Waals surface area contributed by atoms with Gasteiger partial charge in [0.2, 0.25) is 11.8 Å². The highest BCUT2D eigenvalue weighted by Crippen LogP contribution is 2.35. The number of nitrogens with one attached hydrogen (secondary N) is 2. The Labute approximate surface area is 231 Å². The van der Waals surface area contributed by atoms with Gasteiger partial charge in [-0.05, 0) is 73.4 Å². The maximum Gasteiger partial charge on any atom is 0.264 e. The molecular weight excluding hydrogens is 508 g/mol. The third kappa shape index (κ3) is 6.33. The van der Waals surface area contributed by atoms with E-state index in [1.807, 2.05) is 12.1 Å². The van der Waals surface area contributed by atoms with Gasteiger partial charge in [-0.15, -0.1) is 0 Å². The molecule has 7 nitrogen and oxygen atoms in total. The second kappa shape index (κ2) is 10.5. The van der Waals surface area contributed by atoms with Gasteiger partial charge in [-0.3, -0.25) is 0 Å². The summed E-state index contributed by atoms with van der Waals surface area (Å²) in [5.74, 6) is 0.297. The lowest BCUT2D eigenvalue weighted by atomic mass is 9.88. The summed E-state index contributed by atoms with van der Waals surface area (Å²) >= 11 is 0. The lowest BCUT2D eigenvalue weighted by Gasteiger charge is -2.24. The van der Waals surface area contributed by atoms with E-state index in [9.17, 15) is 8.42 Å². The van der Waals surface area contributed by atoms with Crippen molar-refractivity contribution < 1.29 is 13.2 Å². The molecule has 0 amide bonds. The van der Waals surface area contributed by atoms with Gasteiger partial charge in [0.25, 0.3) is 10.0 Å². The molecule has 5 rings (SSSR count). The fourth-order valence-electron chi connectivity index (χ4n) is 5.15. The molecule has 2 heterocycles. The molecule has 2 aromatic carbocycles. The number of allylic oxidation sites excluding steroid dienone is 4. The molecule has 1 aromatic heterocycles. The average Bonchev–Trinajstić information content (AvgIpc) is 2.85. The minimum absolute atomic E-state index is 0.0145. The number of rotatable bonds is 3. The van der Waals surface area contributed by atoms with Gasteiger partial charge in [0.05, 0.1) is 17.1 Å². The SMILES string of the molecule is CC1=CCCC(C)=C1c1cc2nc(n1)NS(=O)(=O)c1cccc(c1)NCC(c1ccc(CC(C)(C)C)cc1)O2. The number of benzene rings is 2. The molecule has 1 atom stereocenters. The Morgan fingerprint density at radius 2 is 1.79 bits per heavy atom. The number of aromatic nitrogens is 2. The molecule has 204 valence electrons. The van der Waals surface area contributed by atoms with Crippen LogP contribution in [0.15, 0.2) is 76.7 Å². The summed E-state index contributed by atoms with van der Waals surface area (Å²) in [6.07, 6.45) is 4.69. The molecule has 8 heteroatoms. The Bertz CT molecular complexity index is 1550. The van der Waals surface area contributed by atoms with Gasteiger partial charge in [-0.25, -0.2) is 18.1 Å². The zero-order valence-corrected chi connectivity index (χ0v) is 24.0. The van der Waals surface area contributed by atoms with Gasteiger partial charge in [-0.1, -0.05) is 62.8 Å². The zero-order chi connectivity index (χ0) is 27.8. The number of fused-ring (bicyclic) bond motifs is 4. The van der Waals surface area contributed by atoms with Crippen LogP contribution in [-0.4, -0.2) is 24.9 Å². The Morgan fingerprint density at radius 3 is 2.51 bits per heavy atom. The van der Waals surface area contributed by atoms with E-state index in [-0.39, 0.29) is 22.4 Å². The van der Waals surface area contributed by atoms with Crippen LogP contribution in [0.4, 0.5) is 11.6 Å². The van der Waals surface area contributed by atoms with E-state index in [0.29, 0.717) is 23.8 Å². The molecule has 0 fully saturated rings. The highest BCUT2D eigenvalue weighted by Gasteiger charge is 2.24. The summed E-state index contributed by atoms with van der Waals surface area (Å²) in [7, 11) is -3.91.